The van der Waals surface area contributed by atoms with E-state index in [1.165, 1.54) is 34.4 Å². The average Bonchev–Trinajstić information content (AvgIpc) is 3.73. The lowest BCUT2D eigenvalue weighted by molar-refractivity contribution is -0.116. The van der Waals surface area contributed by atoms with E-state index in [2.05, 4.69) is 36.9 Å². The number of thiophene rings is 1. The molecule has 2 heterocycles. The van der Waals surface area contributed by atoms with Gasteiger partial charge in [-0.15, -0.1) is 23.1 Å². The lowest BCUT2D eigenvalue weighted by atomic mass is 10.2. The van der Waals surface area contributed by atoms with E-state index in [1.54, 1.807) is 36.4 Å². The summed E-state index contributed by atoms with van der Waals surface area (Å²) in [6.07, 6.45) is 2.24. The van der Waals surface area contributed by atoms with Gasteiger partial charge >= 0.3 is 0 Å². The largest absolute Gasteiger partial charge is 0.321 e. The third-order valence-electron chi connectivity index (χ3n) is 6.29. The molecule has 0 bridgehead atoms. The van der Waals surface area contributed by atoms with Gasteiger partial charge in [-0.25, -0.2) is 4.98 Å². The minimum absolute atomic E-state index is 0.118. The first-order chi connectivity index (χ1) is 21.4. The fourth-order valence-corrected chi connectivity index (χ4v) is 6.69. The quantitative estimate of drug-likeness (QED) is 0.0946. The lowest BCUT2D eigenvalue weighted by Crippen LogP contribution is -2.30. The second kappa shape index (κ2) is 15.1. The molecule has 0 radical (unpaired) electrons. The molecule has 222 valence electrons. The number of amides is 3. The maximum Gasteiger partial charge on any atom is 0.272 e. The molecule has 5 aromatic rings. The molecule has 0 aliphatic heterocycles. The molecule has 1 unspecified atom stereocenters. The number of thioether (sulfide) groups is 1. The first-order valence-corrected chi connectivity index (χ1v) is 17.1. The van der Waals surface area contributed by atoms with E-state index in [-0.39, 0.29) is 22.8 Å². The third kappa shape index (κ3) is 8.54. The molecule has 0 aliphatic rings. The van der Waals surface area contributed by atoms with Crippen LogP contribution >= 0.6 is 50.4 Å². The van der Waals surface area contributed by atoms with Crippen LogP contribution in [0.1, 0.15) is 29.3 Å². The number of anilines is 2. The fourth-order valence-electron chi connectivity index (χ4n) is 4.07. The molecule has 0 fully saturated rings. The molecule has 5 rings (SSSR count). The van der Waals surface area contributed by atoms with Crippen LogP contribution in [-0.2, 0) is 9.59 Å². The number of nitrogens with zero attached hydrogens (tertiary/aromatic N) is 1. The van der Waals surface area contributed by atoms with E-state index >= 15 is 0 Å². The van der Waals surface area contributed by atoms with Crippen LogP contribution < -0.4 is 16.0 Å². The molecular weight excluding hydrogens is 676 g/mol. The van der Waals surface area contributed by atoms with Gasteiger partial charge in [0.1, 0.15) is 5.70 Å². The standard InChI is InChI=1S/C33H27BrN4O3S3/c1-2-29(32(41)38-33-37-28(20-43-33)22-11-13-24(34)14-12-22)44-26-10-6-9-25(18-26)35-31(40)27(17-21-15-16-42-19-21)36-30(39)23-7-4-3-5-8-23/h3-20,29H,2H2,1H3,(H,35,40)(H,36,39)(H,37,38,41)/b27-17-. The predicted octanol–water partition coefficient (Wildman–Crippen LogP) is 8.55. The van der Waals surface area contributed by atoms with Crippen LogP contribution in [0.25, 0.3) is 17.3 Å². The van der Waals surface area contributed by atoms with E-state index in [1.807, 2.05) is 77.7 Å². The van der Waals surface area contributed by atoms with Gasteiger partial charge in [0.2, 0.25) is 5.91 Å². The van der Waals surface area contributed by atoms with Crippen molar-refractivity contribution < 1.29 is 14.4 Å². The maximum atomic E-state index is 13.4. The third-order valence-corrected chi connectivity index (χ3v) is 9.64. The number of aromatic nitrogens is 1. The Hall–Kier alpha value is -4.03. The molecule has 7 nitrogen and oxygen atoms in total. The van der Waals surface area contributed by atoms with Crippen LogP contribution in [0.5, 0.6) is 0 Å². The van der Waals surface area contributed by atoms with Crippen molar-refractivity contribution in [1.82, 2.24) is 10.3 Å². The first kappa shape index (κ1) is 31.4. The zero-order valence-electron chi connectivity index (χ0n) is 23.5. The van der Waals surface area contributed by atoms with Crippen molar-refractivity contribution in [3.8, 4) is 11.3 Å². The summed E-state index contributed by atoms with van der Waals surface area (Å²) in [4.78, 5) is 44.8. The van der Waals surface area contributed by atoms with E-state index in [0.29, 0.717) is 22.8 Å². The van der Waals surface area contributed by atoms with Crippen molar-refractivity contribution in [3.05, 3.63) is 122 Å². The summed E-state index contributed by atoms with van der Waals surface area (Å²) in [7, 11) is 0. The van der Waals surface area contributed by atoms with Crippen molar-refractivity contribution in [1.29, 1.82) is 0 Å². The molecule has 1 atom stereocenters. The van der Waals surface area contributed by atoms with Crippen molar-refractivity contribution in [2.45, 2.75) is 23.5 Å². The van der Waals surface area contributed by atoms with Gasteiger partial charge in [-0.05, 0) is 77.4 Å². The summed E-state index contributed by atoms with van der Waals surface area (Å²) in [5.74, 6) is -0.987. The molecule has 0 saturated carbocycles. The molecule has 11 heteroatoms. The highest BCUT2D eigenvalue weighted by Crippen LogP contribution is 2.30. The summed E-state index contributed by atoms with van der Waals surface area (Å²) in [5, 5.41) is 14.5. The number of carbonyl (C=O) groups is 3. The van der Waals surface area contributed by atoms with Gasteiger partial charge in [-0.3, -0.25) is 14.4 Å². The Morgan fingerprint density at radius 3 is 2.48 bits per heavy atom. The van der Waals surface area contributed by atoms with Gasteiger partial charge in [0.05, 0.1) is 10.9 Å². The molecule has 2 aromatic heterocycles. The van der Waals surface area contributed by atoms with Crippen LogP contribution in [0, 0.1) is 0 Å². The number of rotatable bonds is 11. The van der Waals surface area contributed by atoms with Crippen molar-refractivity contribution in [3.63, 3.8) is 0 Å². The van der Waals surface area contributed by atoms with Gasteiger partial charge < -0.3 is 16.0 Å². The summed E-state index contributed by atoms with van der Waals surface area (Å²) >= 11 is 7.73. The summed E-state index contributed by atoms with van der Waals surface area (Å²) < 4.78 is 0.988. The van der Waals surface area contributed by atoms with Crippen LogP contribution in [0.3, 0.4) is 0 Å². The van der Waals surface area contributed by atoms with Gasteiger partial charge in [0, 0.05) is 31.6 Å². The molecule has 0 aliphatic carbocycles. The Balaban J connectivity index is 1.25. The average molecular weight is 704 g/mol. The molecular formula is C33H27BrN4O3S3. The number of benzene rings is 3. The van der Waals surface area contributed by atoms with Gasteiger partial charge in [-0.2, -0.15) is 11.3 Å². The predicted molar refractivity (Wildman–Crippen MR) is 185 cm³/mol. The number of halogens is 1. The highest BCUT2D eigenvalue weighted by Gasteiger charge is 2.20. The van der Waals surface area contributed by atoms with Crippen molar-refractivity contribution >= 4 is 85.0 Å². The Morgan fingerprint density at radius 2 is 1.75 bits per heavy atom. The number of hydrogen-bond donors (Lipinski definition) is 3. The zero-order chi connectivity index (χ0) is 30.9. The molecule has 3 N–H and O–H groups in total. The smallest absolute Gasteiger partial charge is 0.272 e. The van der Waals surface area contributed by atoms with E-state index in [0.717, 1.165) is 26.2 Å². The highest BCUT2D eigenvalue weighted by molar-refractivity contribution is 9.10. The van der Waals surface area contributed by atoms with Crippen LogP contribution in [0.2, 0.25) is 0 Å². The second-order valence-electron chi connectivity index (χ2n) is 9.47. The molecule has 0 saturated heterocycles. The number of carbonyl (C=O) groups excluding carboxylic acids is 3. The number of thiazole rings is 1. The Kier molecular flexibility index (Phi) is 10.8. The van der Waals surface area contributed by atoms with Crippen LogP contribution in [-0.4, -0.2) is 28.0 Å². The topological polar surface area (TPSA) is 100 Å². The SMILES string of the molecule is CCC(Sc1cccc(NC(=O)/C(=C/c2ccsc2)NC(=O)c2ccccc2)c1)C(=O)Nc1nc(-c2ccc(Br)cc2)cs1. The van der Waals surface area contributed by atoms with E-state index in [4.69, 9.17) is 0 Å². The van der Waals surface area contributed by atoms with Gasteiger partial charge in [0.15, 0.2) is 5.13 Å². The minimum Gasteiger partial charge on any atom is -0.321 e. The van der Waals surface area contributed by atoms with Crippen LogP contribution in [0.15, 0.2) is 116 Å². The molecule has 3 amide bonds. The van der Waals surface area contributed by atoms with Crippen molar-refractivity contribution in [2.24, 2.45) is 0 Å². The van der Waals surface area contributed by atoms with Crippen LogP contribution in [0.4, 0.5) is 10.8 Å². The normalized spacial score (nSPS) is 11.9. The highest BCUT2D eigenvalue weighted by atomic mass is 79.9. The van der Waals surface area contributed by atoms with Crippen molar-refractivity contribution in [2.75, 3.05) is 10.6 Å². The molecule has 3 aromatic carbocycles. The monoisotopic (exact) mass is 702 g/mol. The summed E-state index contributed by atoms with van der Waals surface area (Å²) in [6.45, 7) is 1.95. The summed E-state index contributed by atoms with van der Waals surface area (Å²) in [6, 6.07) is 25.7. The maximum absolute atomic E-state index is 13.4. The van der Waals surface area contributed by atoms with E-state index in [9.17, 15) is 14.4 Å². The number of nitrogens with one attached hydrogen (secondary N) is 3. The molecule has 0 spiro atoms. The second-order valence-corrected chi connectivity index (χ2v) is 13.3. The fraction of sp³-hybridized carbons (Fsp3) is 0.0909. The van der Waals surface area contributed by atoms with E-state index < -0.39 is 5.91 Å². The minimum atomic E-state index is -0.460. The summed E-state index contributed by atoms with van der Waals surface area (Å²) in [5.41, 5.74) is 3.68. The lowest BCUT2D eigenvalue weighted by Gasteiger charge is -2.15. The van der Waals surface area contributed by atoms with Gasteiger partial charge in [-0.1, -0.05) is 59.3 Å². The zero-order valence-corrected chi connectivity index (χ0v) is 27.5. The van der Waals surface area contributed by atoms with Gasteiger partial charge in [0.25, 0.3) is 11.8 Å². The number of hydrogen-bond acceptors (Lipinski definition) is 7. The first-order valence-electron chi connectivity index (χ1n) is 13.6. The Bertz CT molecular complexity index is 1770. The Labute approximate surface area is 276 Å². The Morgan fingerprint density at radius 1 is 0.955 bits per heavy atom. The molecule has 44 heavy (non-hydrogen) atoms.